The maximum atomic E-state index is 12.4. The van der Waals surface area contributed by atoms with Crippen LogP contribution in [0.5, 0.6) is 11.5 Å². The third-order valence-electron chi connectivity index (χ3n) is 4.05. The largest absolute Gasteiger partial charge is 0.508 e. The van der Waals surface area contributed by atoms with Gasteiger partial charge < -0.3 is 20.3 Å². The lowest BCUT2D eigenvalue weighted by Gasteiger charge is -2.20. The number of carbonyl (C=O) groups is 1. The zero-order valence-corrected chi connectivity index (χ0v) is 15.5. The maximum absolute atomic E-state index is 12.4. The van der Waals surface area contributed by atoms with Crippen LogP contribution in [-0.4, -0.2) is 34.7 Å². The first-order chi connectivity index (χ1) is 12.4. The molecule has 0 aliphatic heterocycles. The maximum Gasteiger partial charge on any atom is 0.164 e. The fourth-order valence-corrected chi connectivity index (χ4v) is 2.64. The second kappa shape index (κ2) is 9.36. The second-order valence-corrected chi connectivity index (χ2v) is 6.65. The van der Waals surface area contributed by atoms with Crippen molar-refractivity contribution < 1.29 is 19.7 Å². The zero-order chi connectivity index (χ0) is 19.1. The molecule has 2 aromatic carbocycles. The number of ether oxygens (including phenoxy) is 1. The third-order valence-corrected chi connectivity index (χ3v) is 4.05. The average Bonchev–Trinajstić information content (AvgIpc) is 2.61. The van der Waals surface area contributed by atoms with Gasteiger partial charge in [-0.05, 0) is 50.6 Å². The molecular formula is C21H27NO4. The van der Waals surface area contributed by atoms with Crippen molar-refractivity contribution in [1.29, 1.82) is 0 Å². The number of carbonyl (C=O) groups excluding carboxylic acids is 1. The van der Waals surface area contributed by atoms with Gasteiger partial charge in [-0.25, -0.2) is 0 Å². The van der Waals surface area contributed by atoms with Gasteiger partial charge >= 0.3 is 0 Å². The Labute approximate surface area is 154 Å². The molecule has 0 aliphatic carbocycles. The van der Waals surface area contributed by atoms with Crippen LogP contribution in [0.4, 0.5) is 0 Å². The van der Waals surface area contributed by atoms with E-state index in [9.17, 15) is 15.0 Å². The summed E-state index contributed by atoms with van der Waals surface area (Å²) in [5, 5.41) is 22.8. The van der Waals surface area contributed by atoms with Gasteiger partial charge in [0.15, 0.2) is 5.78 Å². The molecule has 0 amide bonds. The van der Waals surface area contributed by atoms with Gasteiger partial charge in [-0.3, -0.25) is 4.79 Å². The highest BCUT2D eigenvalue weighted by atomic mass is 16.5. The van der Waals surface area contributed by atoms with E-state index in [1.807, 2.05) is 32.9 Å². The molecule has 0 heterocycles. The third kappa shape index (κ3) is 5.86. The number of phenols is 1. The van der Waals surface area contributed by atoms with Crippen LogP contribution in [0, 0.1) is 0 Å². The Morgan fingerprint density at radius 2 is 1.81 bits per heavy atom. The van der Waals surface area contributed by atoms with Gasteiger partial charge in [0.05, 0.1) is 12.2 Å². The number of ketones is 1. The monoisotopic (exact) mass is 357 g/mol. The van der Waals surface area contributed by atoms with Gasteiger partial charge in [0.25, 0.3) is 0 Å². The van der Waals surface area contributed by atoms with E-state index in [4.69, 9.17) is 4.74 Å². The first kappa shape index (κ1) is 19.9. The molecule has 0 aliphatic rings. The lowest BCUT2D eigenvalue weighted by Crippen LogP contribution is -2.33. The summed E-state index contributed by atoms with van der Waals surface area (Å²) in [4.78, 5) is 12.4. The Kier molecular flexibility index (Phi) is 7.18. The van der Waals surface area contributed by atoms with E-state index in [-0.39, 0.29) is 23.7 Å². The number of hydrogen-bond acceptors (Lipinski definition) is 5. The highest BCUT2D eigenvalue weighted by molar-refractivity contribution is 5.96. The minimum Gasteiger partial charge on any atom is -0.508 e. The van der Waals surface area contributed by atoms with Crippen LogP contribution in [0.15, 0.2) is 48.5 Å². The van der Waals surface area contributed by atoms with E-state index in [1.165, 1.54) is 0 Å². The minimum atomic E-state index is -0.714. The van der Waals surface area contributed by atoms with Gasteiger partial charge in [0.1, 0.15) is 11.5 Å². The van der Waals surface area contributed by atoms with Crippen molar-refractivity contribution in [3.8, 4) is 11.5 Å². The molecule has 0 saturated heterocycles. The number of nitrogens with one attached hydrogen (secondary N) is 1. The number of aromatic hydroxyl groups is 1. The average molecular weight is 357 g/mol. The van der Waals surface area contributed by atoms with E-state index in [2.05, 4.69) is 5.32 Å². The molecule has 0 spiro atoms. The summed E-state index contributed by atoms with van der Waals surface area (Å²) < 4.78 is 5.62. The molecule has 26 heavy (non-hydrogen) atoms. The summed E-state index contributed by atoms with van der Waals surface area (Å²) in [6.45, 7) is 6.21. The number of hydrogen-bond donors (Lipinski definition) is 3. The first-order valence-corrected chi connectivity index (χ1v) is 8.87. The first-order valence-electron chi connectivity index (χ1n) is 8.87. The number of aliphatic hydroxyl groups is 1. The molecule has 2 atom stereocenters. The van der Waals surface area contributed by atoms with Crippen molar-refractivity contribution in [2.75, 3.05) is 6.54 Å². The van der Waals surface area contributed by atoms with Gasteiger partial charge in [-0.2, -0.15) is 0 Å². The molecule has 0 radical (unpaired) electrons. The van der Waals surface area contributed by atoms with E-state index in [0.717, 1.165) is 0 Å². The van der Waals surface area contributed by atoms with Crippen LogP contribution in [0.2, 0.25) is 0 Å². The Morgan fingerprint density at radius 3 is 2.46 bits per heavy atom. The van der Waals surface area contributed by atoms with Crippen molar-refractivity contribution in [2.45, 2.75) is 45.4 Å². The van der Waals surface area contributed by atoms with E-state index < -0.39 is 6.10 Å². The summed E-state index contributed by atoms with van der Waals surface area (Å²) in [6.07, 6.45) is -0.324. The summed E-state index contributed by atoms with van der Waals surface area (Å²) in [6, 6.07) is 13.4. The molecule has 140 valence electrons. The smallest absolute Gasteiger partial charge is 0.164 e. The summed E-state index contributed by atoms with van der Waals surface area (Å²) >= 11 is 0. The predicted molar refractivity (Wildman–Crippen MR) is 102 cm³/mol. The second-order valence-electron chi connectivity index (χ2n) is 6.65. The van der Waals surface area contributed by atoms with Crippen molar-refractivity contribution in [1.82, 2.24) is 5.32 Å². The number of Topliss-reactive ketones (excluding diaryl/α,β-unsaturated/α-hetero) is 1. The zero-order valence-electron chi connectivity index (χ0n) is 15.5. The van der Waals surface area contributed by atoms with E-state index in [0.29, 0.717) is 29.8 Å². The van der Waals surface area contributed by atoms with Gasteiger partial charge in [-0.15, -0.1) is 0 Å². The summed E-state index contributed by atoms with van der Waals surface area (Å²) in [7, 11) is 0. The quantitative estimate of drug-likeness (QED) is 0.599. The highest BCUT2D eigenvalue weighted by Gasteiger charge is 2.16. The van der Waals surface area contributed by atoms with Crippen LogP contribution in [-0.2, 0) is 0 Å². The van der Waals surface area contributed by atoms with E-state index >= 15 is 0 Å². The number of aliphatic hydroxyl groups excluding tert-OH is 1. The van der Waals surface area contributed by atoms with Gasteiger partial charge in [-0.1, -0.05) is 24.3 Å². The summed E-state index contributed by atoms with van der Waals surface area (Å²) in [5.74, 6) is 0.879. The molecule has 5 heteroatoms. The Balaban J connectivity index is 1.84. The normalized spacial score (nSPS) is 13.4. The van der Waals surface area contributed by atoms with Crippen LogP contribution in [0.25, 0.3) is 0 Å². The molecule has 0 fully saturated rings. The molecule has 0 saturated carbocycles. The summed E-state index contributed by atoms with van der Waals surface area (Å²) in [5.41, 5.74) is 1.34. The number of benzene rings is 2. The van der Waals surface area contributed by atoms with Crippen molar-refractivity contribution in [3.63, 3.8) is 0 Å². The topological polar surface area (TPSA) is 78.8 Å². The van der Waals surface area contributed by atoms with Crippen LogP contribution < -0.4 is 10.1 Å². The Hall–Kier alpha value is -2.37. The fourth-order valence-electron chi connectivity index (χ4n) is 2.64. The van der Waals surface area contributed by atoms with E-state index in [1.54, 1.807) is 36.4 Å². The molecule has 0 aromatic heterocycles. The SMILES string of the molecule is CC(C)Oc1cccc(C(=O)CCNC(C)C(O)c2ccc(O)cc2)c1. The molecule has 0 bridgehead atoms. The van der Waals surface area contributed by atoms with Crippen molar-refractivity contribution in [2.24, 2.45) is 0 Å². The Morgan fingerprint density at radius 1 is 1.12 bits per heavy atom. The predicted octanol–water partition coefficient (Wildman–Crippen LogP) is 3.46. The molecule has 3 N–H and O–H groups in total. The molecule has 5 nitrogen and oxygen atoms in total. The minimum absolute atomic E-state index is 0.0260. The fraction of sp³-hybridized carbons (Fsp3) is 0.381. The van der Waals surface area contributed by atoms with Gasteiger partial charge in [0, 0.05) is 24.6 Å². The van der Waals surface area contributed by atoms with Gasteiger partial charge in [0.2, 0.25) is 0 Å². The van der Waals surface area contributed by atoms with Crippen LogP contribution >= 0.6 is 0 Å². The van der Waals surface area contributed by atoms with Crippen molar-refractivity contribution >= 4 is 5.78 Å². The molecular weight excluding hydrogens is 330 g/mol. The number of phenolic OH excluding ortho intramolecular Hbond substituents is 1. The molecule has 2 unspecified atom stereocenters. The van der Waals surface area contributed by atoms with Crippen LogP contribution in [0.1, 0.15) is 49.2 Å². The van der Waals surface area contributed by atoms with Crippen LogP contribution in [0.3, 0.4) is 0 Å². The van der Waals surface area contributed by atoms with Crippen molar-refractivity contribution in [3.05, 3.63) is 59.7 Å². The standard InChI is InChI=1S/C21H27NO4/c1-14(2)26-19-6-4-5-17(13-19)20(24)11-12-22-15(3)21(25)16-7-9-18(23)10-8-16/h4-10,13-15,21-23,25H,11-12H2,1-3H3. The Bertz CT molecular complexity index is 712. The molecule has 2 aromatic rings. The molecule has 2 rings (SSSR count). The number of rotatable bonds is 9. The lowest BCUT2D eigenvalue weighted by molar-refractivity contribution is 0.0971. The highest BCUT2D eigenvalue weighted by Crippen LogP contribution is 2.20. The lowest BCUT2D eigenvalue weighted by atomic mass is 10.0.